The topological polar surface area (TPSA) is 71.7 Å². The van der Waals surface area contributed by atoms with Gasteiger partial charge in [-0.25, -0.2) is 9.98 Å². The third-order valence-corrected chi connectivity index (χ3v) is 3.35. The number of hydrogen-bond donors (Lipinski definition) is 2. The average molecular weight is 458 g/mol. The second-order valence-electron chi connectivity index (χ2n) is 5.30. The van der Waals surface area contributed by atoms with Gasteiger partial charge in [0.15, 0.2) is 11.7 Å². The highest BCUT2D eigenvalue weighted by atomic mass is 127. The van der Waals surface area contributed by atoms with Gasteiger partial charge < -0.3 is 19.8 Å². The highest BCUT2D eigenvalue weighted by molar-refractivity contribution is 14.0. The molecule has 0 saturated carbocycles. The fourth-order valence-electron chi connectivity index (χ4n) is 2.11. The number of nitrogens with zero attached hydrogens (tertiary/aromatic N) is 2. The van der Waals surface area contributed by atoms with Crippen LogP contribution in [0.15, 0.2) is 39.9 Å². The van der Waals surface area contributed by atoms with Crippen molar-refractivity contribution in [2.75, 3.05) is 26.3 Å². The number of hydrogen-bond acceptors (Lipinski definition) is 4. The first kappa shape index (κ1) is 21.4. The molecule has 0 aliphatic rings. The molecule has 2 rings (SSSR count). The first-order valence-corrected chi connectivity index (χ1v) is 8.34. The molecule has 1 aromatic heterocycles. The molecular formula is C18H27IN4O2. The number of halogens is 1. The number of rotatable bonds is 8. The van der Waals surface area contributed by atoms with Crippen LogP contribution in [0, 0.1) is 6.92 Å². The largest absolute Gasteiger partial charge is 0.439 e. The summed E-state index contributed by atoms with van der Waals surface area (Å²) in [5.74, 6) is 2.08. The molecule has 6 nitrogen and oxygen atoms in total. The van der Waals surface area contributed by atoms with E-state index in [1.165, 1.54) is 5.56 Å². The fraction of sp³-hybridized carbons (Fsp3) is 0.444. The Morgan fingerprint density at radius 3 is 2.64 bits per heavy atom. The fourth-order valence-corrected chi connectivity index (χ4v) is 2.11. The summed E-state index contributed by atoms with van der Waals surface area (Å²) in [6, 6.07) is 8.17. The van der Waals surface area contributed by atoms with Crippen molar-refractivity contribution in [2.24, 2.45) is 4.99 Å². The number of nitrogens with one attached hydrogen (secondary N) is 2. The van der Waals surface area contributed by atoms with Gasteiger partial charge in [0.1, 0.15) is 6.54 Å². The molecule has 138 valence electrons. The van der Waals surface area contributed by atoms with Crippen molar-refractivity contribution in [2.45, 2.75) is 27.3 Å². The van der Waals surface area contributed by atoms with Gasteiger partial charge in [0.25, 0.3) is 0 Å². The van der Waals surface area contributed by atoms with Crippen molar-refractivity contribution in [1.29, 1.82) is 0 Å². The number of guanidine groups is 1. The van der Waals surface area contributed by atoms with Crippen LogP contribution in [0.25, 0.3) is 11.3 Å². The van der Waals surface area contributed by atoms with Crippen LogP contribution in [0.5, 0.6) is 0 Å². The number of benzene rings is 1. The first-order valence-electron chi connectivity index (χ1n) is 8.34. The molecule has 7 heteroatoms. The maximum Gasteiger partial charge on any atom is 0.216 e. The van der Waals surface area contributed by atoms with Crippen LogP contribution in [0.1, 0.15) is 25.3 Å². The molecule has 0 fully saturated rings. The van der Waals surface area contributed by atoms with Gasteiger partial charge in [-0.3, -0.25) is 0 Å². The molecule has 0 saturated heterocycles. The standard InChI is InChI=1S/C18H26N4O2.HI/c1-4-19-18(20-10-11-23-5-2)22-13-17-21-12-16(24-17)15-8-6-14(3)7-9-15;/h6-9,12H,4-5,10-11,13H2,1-3H3,(H2,19,20,22);1H. The van der Waals surface area contributed by atoms with Crippen LogP contribution < -0.4 is 10.6 Å². The highest BCUT2D eigenvalue weighted by Gasteiger charge is 2.06. The Morgan fingerprint density at radius 2 is 1.96 bits per heavy atom. The monoisotopic (exact) mass is 458 g/mol. The first-order chi connectivity index (χ1) is 11.7. The number of oxazole rings is 1. The maximum atomic E-state index is 5.78. The molecule has 25 heavy (non-hydrogen) atoms. The Morgan fingerprint density at radius 1 is 1.20 bits per heavy atom. The van der Waals surface area contributed by atoms with Gasteiger partial charge >= 0.3 is 0 Å². The van der Waals surface area contributed by atoms with Gasteiger partial charge in [0.05, 0.1) is 12.8 Å². The van der Waals surface area contributed by atoms with Gasteiger partial charge in [-0.15, -0.1) is 24.0 Å². The number of aromatic nitrogens is 1. The zero-order chi connectivity index (χ0) is 17.2. The molecule has 0 unspecified atom stereocenters. The van der Waals surface area contributed by atoms with Crippen molar-refractivity contribution in [3.8, 4) is 11.3 Å². The highest BCUT2D eigenvalue weighted by Crippen LogP contribution is 2.20. The van der Waals surface area contributed by atoms with E-state index in [-0.39, 0.29) is 24.0 Å². The van der Waals surface area contributed by atoms with Crippen molar-refractivity contribution < 1.29 is 9.15 Å². The summed E-state index contributed by atoms with van der Waals surface area (Å²) >= 11 is 0. The van der Waals surface area contributed by atoms with E-state index in [4.69, 9.17) is 9.15 Å². The van der Waals surface area contributed by atoms with Crippen molar-refractivity contribution in [3.63, 3.8) is 0 Å². The summed E-state index contributed by atoms with van der Waals surface area (Å²) in [6.07, 6.45) is 1.74. The molecule has 2 N–H and O–H groups in total. The minimum Gasteiger partial charge on any atom is -0.439 e. The van der Waals surface area contributed by atoms with E-state index in [1.807, 2.05) is 26.0 Å². The molecule has 1 aromatic carbocycles. The normalized spacial score (nSPS) is 11.1. The molecule has 0 amide bonds. The lowest BCUT2D eigenvalue weighted by Crippen LogP contribution is -2.39. The molecular weight excluding hydrogens is 431 g/mol. The molecule has 1 heterocycles. The van der Waals surface area contributed by atoms with Crippen LogP contribution in [-0.4, -0.2) is 37.2 Å². The zero-order valence-corrected chi connectivity index (χ0v) is 17.4. The third-order valence-electron chi connectivity index (χ3n) is 3.35. The van der Waals surface area contributed by atoms with E-state index in [0.29, 0.717) is 32.2 Å². The van der Waals surface area contributed by atoms with Crippen LogP contribution in [0.2, 0.25) is 0 Å². The summed E-state index contributed by atoms with van der Waals surface area (Å²) in [5, 5.41) is 6.40. The lowest BCUT2D eigenvalue weighted by atomic mass is 10.1. The van der Waals surface area contributed by atoms with Crippen LogP contribution in [0.3, 0.4) is 0 Å². The molecule has 0 aliphatic carbocycles. The minimum atomic E-state index is 0. The lowest BCUT2D eigenvalue weighted by Gasteiger charge is -2.10. The van der Waals surface area contributed by atoms with E-state index in [0.717, 1.165) is 23.8 Å². The van der Waals surface area contributed by atoms with Gasteiger partial charge in [-0.05, 0) is 20.8 Å². The van der Waals surface area contributed by atoms with Crippen LogP contribution in [-0.2, 0) is 11.3 Å². The maximum absolute atomic E-state index is 5.78. The minimum absolute atomic E-state index is 0. The Bertz CT molecular complexity index is 641. The van der Waals surface area contributed by atoms with E-state index in [9.17, 15) is 0 Å². The average Bonchev–Trinajstić information content (AvgIpc) is 3.06. The number of ether oxygens (including phenoxy) is 1. The molecule has 0 aliphatic heterocycles. The Hall–Kier alpha value is -1.61. The van der Waals surface area contributed by atoms with E-state index in [1.54, 1.807) is 6.20 Å². The summed E-state index contributed by atoms with van der Waals surface area (Å²) in [5.41, 5.74) is 2.24. The van der Waals surface area contributed by atoms with E-state index >= 15 is 0 Å². The van der Waals surface area contributed by atoms with E-state index in [2.05, 4.69) is 39.7 Å². The summed E-state index contributed by atoms with van der Waals surface area (Å²) in [7, 11) is 0. The molecule has 0 spiro atoms. The second kappa shape index (κ2) is 11.9. The number of aryl methyl sites for hydroxylation is 1. The van der Waals surface area contributed by atoms with Crippen molar-refractivity contribution in [3.05, 3.63) is 41.9 Å². The molecule has 2 aromatic rings. The predicted molar refractivity (Wildman–Crippen MR) is 111 cm³/mol. The third kappa shape index (κ3) is 7.43. The predicted octanol–water partition coefficient (Wildman–Crippen LogP) is 3.36. The summed E-state index contributed by atoms with van der Waals surface area (Å²) < 4.78 is 11.1. The van der Waals surface area contributed by atoms with Gasteiger partial charge in [-0.1, -0.05) is 29.8 Å². The lowest BCUT2D eigenvalue weighted by molar-refractivity contribution is 0.152. The van der Waals surface area contributed by atoms with Gasteiger partial charge in [0.2, 0.25) is 5.89 Å². The van der Waals surface area contributed by atoms with Crippen molar-refractivity contribution >= 4 is 29.9 Å². The van der Waals surface area contributed by atoms with Crippen molar-refractivity contribution in [1.82, 2.24) is 15.6 Å². The van der Waals surface area contributed by atoms with Crippen LogP contribution >= 0.6 is 24.0 Å². The van der Waals surface area contributed by atoms with Gasteiger partial charge in [0, 0.05) is 25.3 Å². The number of aliphatic imine (C=N–C) groups is 1. The van der Waals surface area contributed by atoms with E-state index < -0.39 is 0 Å². The SMILES string of the molecule is CCNC(=NCc1ncc(-c2ccc(C)cc2)o1)NCCOCC.I. The quantitative estimate of drug-likeness (QED) is 0.275. The zero-order valence-electron chi connectivity index (χ0n) is 15.0. The summed E-state index contributed by atoms with van der Waals surface area (Å²) in [4.78, 5) is 8.79. The molecule has 0 radical (unpaired) electrons. The Kier molecular flexibility index (Phi) is 10.2. The molecule has 0 atom stereocenters. The van der Waals surface area contributed by atoms with Gasteiger partial charge in [-0.2, -0.15) is 0 Å². The Labute approximate surface area is 166 Å². The summed E-state index contributed by atoms with van der Waals surface area (Å²) in [6.45, 7) is 9.32. The Balaban J connectivity index is 0.00000312. The smallest absolute Gasteiger partial charge is 0.216 e. The molecule has 0 bridgehead atoms. The second-order valence-corrected chi connectivity index (χ2v) is 5.30. The van der Waals surface area contributed by atoms with Crippen LogP contribution in [0.4, 0.5) is 0 Å².